The highest BCUT2D eigenvalue weighted by atomic mass is 32.1. The lowest BCUT2D eigenvalue weighted by atomic mass is 10.0. The van der Waals surface area contributed by atoms with Crippen LogP contribution in [-0.2, 0) is 4.74 Å². The highest BCUT2D eigenvalue weighted by Gasteiger charge is 2.19. The van der Waals surface area contributed by atoms with Gasteiger partial charge < -0.3 is 15.0 Å². The fourth-order valence-electron chi connectivity index (χ4n) is 2.51. The van der Waals surface area contributed by atoms with Crippen molar-refractivity contribution in [2.24, 2.45) is 5.92 Å². The summed E-state index contributed by atoms with van der Waals surface area (Å²) in [6.07, 6.45) is 2.46. The second-order valence-electron chi connectivity index (χ2n) is 5.42. The van der Waals surface area contributed by atoms with E-state index in [0.717, 1.165) is 30.6 Å². The molecule has 0 radical (unpaired) electrons. The maximum atomic E-state index is 5.55. The smallest absolute Gasteiger partial charge is 0.185 e. The summed E-state index contributed by atoms with van der Waals surface area (Å²) in [7, 11) is 4.13. The summed E-state index contributed by atoms with van der Waals surface area (Å²) in [5.41, 5.74) is 1.15. The maximum absolute atomic E-state index is 5.55. The minimum atomic E-state index is 0.373. The Morgan fingerprint density at radius 1 is 1.58 bits per heavy atom. The van der Waals surface area contributed by atoms with Crippen LogP contribution in [0.5, 0.6) is 0 Å². The molecule has 0 spiro atoms. The minimum Gasteiger partial charge on any atom is -0.381 e. The molecule has 0 aromatic carbocycles. The SMILES string of the molecule is CNC(C)c1sc(N(C)CC2CCCOC2)nc1C. The average molecular weight is 283 g/mol. The van der Waals surface area contributed by atoms with Gasteiger partial charge in [-0.1, -0.05) is 0 Å². The third-order valence-electron chi connectivity index (χ3n) is 3.76. The fourth-order valence-corrected chi connectivity index (χ4v) is 3.60. The molecular formula is C14H25N3OS. The molecule has 0 amide bonds. The van der Waals surface area contributed by atoms with Gasteiger partial charge in [-0.25, -0.2) is 4.98 Å². The number of rotatable bonds is 5. The van der Waals surface area contributed by atoms with Gasteiger partial charge in [0.25, 0.3) is 0 Å². The topological polar surface area (TPSA) is 37.4 Å². The van der Waals surface area contributed by atoms with Gasteiger partial charge in [-0.15, -0.1) is 11.3 Å². The van der Waals surface area contributed by atoms with E-state index in [0.29, 0.717) is 12.0 Å². The summed E-state index contributed by atoms with van der Waals surface area (Å²) in [6, 6.07) is 0.373. The summed E-state index contributed by atoms with van der Waals surface area (Å²) in [4.78, 5) is 8.33. The molecule has 0 saturated carbocycles. The van der Waals surface area contributed by atoms with Gasteiger partial charge in [0.2, 0.25) is 0 Å². The van der Waals surface area contributed by atoms with Crippen molar-refractivity contribution in [2.45, 2.75) is 32.7 Å². The van der Waals surface area contributed by atoms with Crippen LogP contribution in [0.1, 0.15) is 36.4 Å². The van der Waals surface area contributed by atoms with E-state index in [2.05, 4.69) is 31.1 Å². The molecule has 1 N–H and O–H groups in total. The van der Waals surface area contributed by atoms with Gasteiger partial charge in [-0.2, -0.15) is 0 Å². The van der Waals surface area contributed by atoms with Gasteiger partial charge in [-0.05, 0) is 39.7 Å². The molecule has 2 atom stereocenters. The Hall–Kier alpha value is -0.650. The molecule has 2 rings (SSSR count). The van der Waals surface area contributed by atoms with Crippen molar-refractivity contribution < 1.29 is 4.74 Å². The zero-order valence-corrected chi connectivity index (χ0v) is 13.2. The first-order valence-corrected chi connectivity index (χ1v) is 7.87. The van der Waals surface area contributed by atoms with Crippen LogP contribution in [-0.4, -0.2) is 38.8 Å². The van der Waals surface area contributed by atoms with Crippen LogP contribution >= 0.6 is 11.3 Å². The average Bonchev–Trinajstić information content (AvgIpc) is 2.81. The summed E-state index contributed by atoms with van der Waals surface area (Å²) in [5.74, 6) is 0.646. The predicted molar refractivity (Wildman–Crippen MR) is 81.1 cm³/mol. The number of nitrogens with zero attached hydrogens (tertiary/aromatic N) is 2. The molecule has 1 saturated heterocycles. The van der Waals surface area contributed by atoms with Crippen molar-refractivity contribution in [3.8, 4) is 0 Å². The summed E-state index contributed by atoms with van der Waals surface area (Å²) in [6.45, 7) is 7.15. The molecule has 1 aliphatic heterocycles. The predicted octanol–water partition coefficient (Wildman–Crippen LogP) is 2.59. The van der Waals surface area contributed by atoms with Crippen molar-refractivity contribution in [2.75, 3.05) is 38.8 Å². The monoisotopic (exact) mass is 283 g/mol. The van der Waals surface area contributed by atoms with Crippen molar-refractivity contribution >= 4 is 16.5 Å². The Kier molecular flexibility index (Phi) is 5.19. The normalized spacial score (nSPS) is 21.4. The van der Waals surface area contributed by atoms with Crippen LogP contribution in [0.2, 0.25) is 0 Å². The lowest BCUT2D eigenvalue weighted by molar-refractivity contribution is 0.0576. The molecule has 2 heterocycles. The van der Waals surface area contributed by atoms with Crippen LogP contribution in [0.15, 0.2) is 0 Å². The highest BCUT2D eigenvalue weighted by Crippen LogP contribution is 2.30. The molecule has 1 aromatic rings. The zero-order valence-electron chi connectivity index (χ0n) is 12.4. The number of nitrogens with one attached hydrogen (secondary N) is 1. The second-order valence-corrected chi connectivity index (χ2v) is 6.43. The van der Waals surface area contributed by atoms with Gasteiger partial charge in [0.1, 0.15) is 0 Å². The Morgan fingerprint density at radius 2 is 2.37 bits per heavy atom. The lowest BCUT2D eigenvalue weighted by Gasteiger charge is -2.26. The van der Waals surface area contributed by atoms with E-state index < -0.39 is 0 Å². The van der Waals surface area contributed by atoms with Crippen LogP contribution in [0, 0.1) is 12.8 Å². The number of aromatic nitrogens is 1. The Bertz CT molecular complexity index is 401. The molecule has 19 heavy (non-hydrogen) atoms. The Morgan fingerprint density at radius 3 is 3.00 bits per heavy atom. The van der Waals surface area contributed by atoms with Crippen molar-refractivity contribution in [1.29, 1.82) is 0 Å². The lowest BCUT2D eigenvalue weighted by Crippen LogP contribution is -2.30. The second kappa shape index (κ2) is 6.68. The molecule has 108 valence electrons. The maximum Gasteiger partial charge on any atom is 0.185 e. The summed E-state index contributed by atoms with van der Waals surface area (Å²) in [5, 5.41) is 4.41. The number of hydrogen-bond acceptors (Lipinski definition) is 5. The van der Waals surface area contributed by atoms with Gasteiger partial charge in [0.05, 0.1) is 12.3 Å². The molecule has 0 aliphatic carbocycles. The number of thiazole rings is 1. The van der Waals surface area contributed by atoms with Crippen LogP contribution in [0.25, 0.3) is 0 Å². The first-order valence-electron chi connectivity index (χ1n) is 7.05. The number of hydrogen-bond donors (Lipinski definition) is 1. The van der Waals surface area contributed by atoms with Crippen molar-refractivity contribution in [3.05, 3.63) is 10.6 Å². The minimum absolute atomic E-state index is 0.373. The van der Waals surface area contributed by atoms with E-state index >= 15 is 0 Å². The van der Waals surface area contributed by atoms with Crippen molar-refractivity contribution in [3.63, 3.8) is 0 Å². The van der Waals surface area contributed by atoms with E-state index in [1.807, 2.05) is 7.05 Å². The third-order valence-corrected chi connectivity index (χ3v) is 5.22. The van der Waals surface area contributed by atoms with Gasteiger partial charge in [-0.3, -0.25) is 0 Å². The Labute approximate surface area is 120 Å². The first kappa shape index (κ1) is 14.8. The number of anilines is 1. The van der Waals surface area contributed by atoms with E-state index in [-0.39, 0.29) is 0 Å². The zero-order chi connectivity index (χ0) is 13.8. The highest BCUT2D eigenvalue weighted by molar-refractivity contribution is 7.15. The van der Waals surface area contributed by atoms with Crippen LogP contribution in [0.3, 0.4) is 0 Å². The standard InChI is InChI=1S/C14H25N3OS/c1-10(15-3)13-11(2)16-14(19-13)17(4)8-12-6-5-7-18-9-12/h10,12,15H,5-9H2,1-4H3. The molecular weight excluding hydrogens is 258 g/mol. The molecule has 1 aliphatic rings. The fraction of sp³-hybridized carbons (Fsp3) is 0.786. The van der Waals surface area contributed by atoms with Crippen LogP contribution < -0.4 is 10.2 Å². The number of ether oxygens (including phenoxy) is 1. The molecule has 1 fully saturated rings. The van der Waals surface area contributed by atoms with Gasteiger partial charge >= 0.3 is 0 Å². The third kappa shape index (κ3) is 3.68. The largest absolute Gasteiger partial charge is 0.381 e. The van der Waals surface area contributed by atoms with E-state index in [4.69, 9.17) is 9.72 Å². The Balaban J connectivity index is 2.00. The quantitative estimate of drug-likeness (QED) is 0.901. The molecule has 1 aromatic heterocycles. The van der Waals surface area contributed by atoms with E-state index in [9.17, 15) is 0 Å². The molecule has 0 bridgehead atoms. The van der Waals surface area contributed by atoms with Gasteiger partial charge in [0, 0.05) is 31.1 Å². The van der Waals surface area contributed by atoms with Gasteiger partial charge in [0.15, 0.2) is 5.13 Å². The molecule has 4 nitrogen and oxygen atoms in total. The summed E-state index contributed by atoms with van der Waals surface area (Å²) >= 11 is 1.80. The van der Waals surface area contributed by atoms with Crippen LogP contribution in [0.4, 0.5) is 5.13 Å². The summed E-state index contributed by atoms with van der Waals surface area (Å²) < 4.78 is 5.55. The van der Waals surface area contributed by atoms with Crippen molar-refractivity contribution in [1.82, 2.24) is 10.3 Å². The van der Waals surface area contributed by atoms with E-state index in [1.165, 1.54) is 17.7 Å². The van der Waals surface area contributed by atoms with E-state index in [1.54, 1.807) is 11.3 Å². The molecule has 5 heteroatoms. The molecule has 2 unspecified atom stereocenters. The number of aryl methyl sites for hydroxylation is 1. The first-order chi connectivity index (χ1) is 9.11.